The molecule has 0 fully saturated rings. The van der Waals surface area contributed by atoms with E-state index in [-0.39, 0.29) is 12.5 Å². The fraction of sp³-hybridized carbons (Fsp3) is 0.900. The van der Waals surface area contributed by atoms with E-state index in [9.17, 15) is 18.0 Å². The largest absolute Gasteiger partial charge is 0.406 e. The van der Waals surface area contributed by atoms with Crippen LogP contribution in [0, 0.1) is 5.92 Å². The minimum absolute atomic E-state index is 0.197. The Kier molecular flexibility index (Phi) is 6.48. The number of nitrogens with zero attached hydrogens (tertiary/aromatic N) is 1. The fourth-order valence-electron chi connectivity index (χ4n) is 1.31. The number of hydrogen-bond acceptors (Lipinski definition) is 3. The van der Waals surface area contributed by atoms with Crippen molar-refractivity contribution in [2.75, 3.05) is 19.7 Å². The van der Waals surface area contributed by atoms with Crippen molar-refractivity contribution in [2.45, 2.75) is 32.5 Å². The molecule has 4 nitrogen and oxygen atoms in total. The Hall–Kier alpha value is -0.820. The summed E-state index contributed by atoms with van der Waals surface area (Å²) < 4.78 is 36.7. The maximum absolute atomic E-state index is 12.2. The maximum atomic E-state index is 12.2. The van der Waals surface area contributed by atoms with Crippen LogP contribution in [-0.4, -0.2) is 47.8 Å². The van der Waals surface area contributed by atoms with Crippen LogP contribution >= 0.6 is 0 Å². The molecule has 0 aromatic rings. The van der Waals surface area contributed by atoms with Crippen molar-refractivity contribution >= 4 is 5.91 Å². The lowest BCUT2D eigenvalue weighted by Gasteiger charge is -2.28. The molecule has 0 aromatic heterocycles. The summed E-state index contributed by atoms with van der Waals surface area (Å²) in [6.45, 7) is 1.25. The molecule has 0 radical (unpaired) electrons. The fourth-order valence-corrected chi connectivity index (χ4v) is 1.31. The SMILES string of the molecule is CCC(C)[C@H](N)C(=O)N(CCO)CC(F)(F)F. The van der Waals surface area contributed by atoms with Crippen molar-refractivity contribution in [3.05, 3.63) is 0 Å². The molecule has 0 rings (SSSR count). The van der Waals surface area contributed by atoms with Crippen LogP contribution in [0.15, 0.2) is 0 Å². The van der Waals surface area contributed by atoms with E-state index in [0.717, 1.165) is 0 Å². The highest BCUT2D eigenvalue weighted by Crippen LogP contribution is 2.18. The number of alkyl halides is 3. The summed E-state index contributed by atoms with van der Waals surface area (Å²) in [5.41, 5.74) is 5.58. The standard InChI is InChI=1S/C10H19F3N2O2/c1-3-7(2)8(14)9(17)15(4-5-16)6-10(11,12)13/h7-8,16H,3-6,14H2,1-2H3/t7?,8-/m0/s1. The Morgan fingerprint density at radius 1 is 1.47 bits per heavy atom. The van der Waals surface area contributed by atoms with Gasteiger partial charge in [0.1, 0.15) is 6.54 Å². The molecule has 0 aromatic carbocycles. The molecular formula is C10H19F3N2O2. The summed E-state index contributed by atoms with van der Waals surface area (Å²) in [6.07, 6.45) is -3.88. The van der Waals surface area contributed by atoms with Crippen molar-refractivity contribution in [1.29, 1.82) is 0 Å². The number of halogens is 3. The van der Waals surface area contributed by atoms with E-state index in [0.29, 0.717) is 11.3 Å². The Bertz CT molecular complexity index is 246. The van der Waals surface area contributed by atoms with Crippen LogP contribution in [0.2, 0.25) is 0 Å². The number of hydrogen-bond donors (Lipinski definition) is 2. The van der Waals surface area contributed by atoms with Crippen LogP contribution in [0.4, 0.5) is 13.2 Å². The Labute approximate surface area is 98.6 Å². The van der Waals surface area contributed by atoms with Gasteiger partial charge in [0, 0.05) is 6.54 Å². The molecule has 0 heterocycles. The highest BCUT2D eigenvalue weighted by atomic mass is 19.4. The normalized spacial score (nSPS) is 15.5. The summed E-state index contributed by atoms with van der Waals surface area (Å²) >= 11 is 0. The second-order valence-electron chi connectivity index (χ2n) is 4.01. The Morgan fingerprint density at radius 2 is 2.00 bits per heavy atom. The van der Waals surface area contributed by atoms with Gasteiger partial charge in [0.05, 0.1) is 12.6 Å². The summed E-state index contributed by atoms with van der Waals surface area (Å²) in [4.78, 5) is 12.3. The third kappa shape index (κ3) is 5.88. The smallest absolute Gasteiger partial charge is 0.395 e. The second-order valence-corrected chi connectivity index (χ2v) is 4.01. The third-order valence-electron chi connectivity index (χ3n) is 2.59. The highest BCUT2D eigenvalue weighted by molar-refractivity contribution is 5.82. The van der Waals surface area contributed by atoms with Gasteiger partial charge in [-0.05, 0) is 5.92 Å². The van der Waals surface area contributed by atoms with Crippen LogP contribution < -0.4 is 5.73 Å². The Balaban J connectivity index is 4.64. The molecule has 2 atom stereocenters. The van der Waals surface area contributed by atoms with Gasteiger partial charge in [-0.1, -0.05) is 20.3 Å². The molecule has 0 aliphatic heterocycles. The first-order valence-electron chi connectivity index (χ1n) is 5.44. The van der Waals surface area contributed by atoms with E-state index < -0.39 is 31.3 Å². The zero-order chi connectivity index (χ0) is 13.6. The van der Waals surface area contributed by atoms with Gasteiger partial charge < -0.3 is 15.7 Å². The summed E-state index contributed by atoms with van der Waals surface area (Å²) in [6, 6.07) is -0.964. The predicted octanol–water partition coefficient (Wildman–Crippen LogP) is 0.743. The van der Waals surface area contributed by atoms with E-state index in [2.05, 4.69) is 0 Å². The first-order chi connectivity index (χ1) is 7.72. The van der Waals surface area contributed by atoms with Crippen LogP contribution in [-0.2, 0) is 4.79 Å². The Morgan fingerprint density at radius 3 is 2.35 bits per heavy atom. The molecule has 17 heavy (non-hydrogen) atoms. The first-order valence-corrected chi connectivity index (χ1v) is 5.44. The van der Waals surface area contributed by atoms with Crippen molar-refractivity contribution in [1.82, 2.24) is 4.90 Å². The van der Waals surface area contributed by atoms with E-state index in [4.69, 9.17) is 10.8 Å². The zero-order valence-electron chi connectivity index (χ0n) is 10.00. The van der Waals surface area contributed by atoms with E-state index in [1.54, 1.807) is 13.8 Å². The van der Waals surface area contributed by atoms with E-state index in [1.165, 1.54) is 0 Å². The molecular weight excluding hydrogens is 237 g/mol. The molecule has 0 bridgehead atoms. The minimum Gasteiger partial charge on any atom is -0.395 e. The van der Waals surface area contributed by atoms with Gasteiger partial charge in [-0.2, -0.15) is 13.2 Å². The van der Waals surface area contributed by atoms with E-state index in [1.807, 2.05) is 0 Å². The average Bonchev–Trinajstić information content (AvgIpc) is 2.23. The number of carbonyl (C=O) groups excluding carboxylic acids is 1. The lowest BCUT2D eigenvalue weighted by atomic mass is 9.99. The van der Waals surface area contributed by atoms with Crippen molar-refractivity contribution < 1.29 is 23.1 Å². The van der Waals surface area contributed by atoms with Crippen LogP contribution in [0.3, 0.4) is 0 Å². The molecule has 0 saturated heterocycles. The van der Waals surface area contributed by atoms with Crippen LogP contribution in [0.25, 0.3) is 0 Å². The molecule has 0 spiro atoms. The van der Waals surface area contributed by atoms with Crippen LogP contribution in [0.5, 0.6) is 0 Å². The molecule has 102 valence electrons. The van der Waals surface area contributed by atoms with Crippen molar-refractivity contribution in [2.24, 2.45) is 11.7 Å². The van der Waals surface area contributed by atoms with Gasteiger partial charge in [-0.15, -0.1) is 0 Å². The minimum atomic E-state index is -4.49. The van der Waals surface area contributed by atoms with Gasteiger partial charge in [0.2, 0.25) is 5.91 Å². The van der Waals surface area contributed by atoms with Gasteiger partial charge in [-0.3, -0.25) is 4.79 Å². The number of rotatable bonds is 6. The molecule has 0 aliphatic rings. The average molecular weight is 256 g/mol. The molecule has 1 unspecified atom stereocenters. The van der Waals surface area contributed by atoms with Crippen molar-refractivity contribution in [3.63, 3.8) is 0 Å². The van der Waals surface area contributed by atoms with Crippen LogP contribution in [0.1, 0.15) is 20.3 Å². The predicted molar refractivity (Wildman–Crippen MR) is 57.2 cm³/mol. The topological polar surface area (TPSA) is 66.6 Å². The molecule has 1 amide bonds. The number of aliphatic hydroxyl groups is 1. The summed E-state index contributed by atoms with van der Waals surface area (Å²) in [5.74, 6) is -0.970. The number of amides is 1. The molecule has 0 aliphatic carbocycles. The number of nitrogens with two attached hydrogens (primary N) is 1. The number of carbonyl (C=O) groups is 1. The molecule has 7 heteroatoms. The van der Waals surface area contributed by atoms with Gasteiger partial charge >= 0.3 is 6.18 Å². The van der Waals surface area contributed by atoms with Gasteiger partial charge in [0.25, 0.3) is 0 Å². The van der Waals surface area contributed by atoms with Gasteiger partial charge in [-0.25, -0.2) is 0 Å². The molecule has 0 saturated carbocycles. The lowest BCUT2D eigenvalue weighted by molar-refractivity contribution is -0.163. The number of aliphatic hydroxyl groups excluding tert-OH is 1. The first kappa shape index (κ1) is 16.2. The zero-order valence-corrected chi connectivity index (χ0v) is 10.00. The van der Waals surface area contributed by atoms with E-state index >= 15 is 0 Å². The van der Waals surface area contributed by atoms with Crippen molar-refractivity contribution in [3.8, 4) is 0 Å². The maximum Gasteiger partial charge on any atom is 0.406 e. The quantitative estimate of drug-likeness (QED) is 0.736. The second kappa shape index (κ2) is 6.80. The van der Waals surface area contributed by atoms with Gasteiger partial charge in [0.15, 0.2) is 0 Å². The molecule has 3 N–H and O–H groups in total. The summed E-state index contributed by atoms with van der Waals surface area (Å²) in [7, 11) is 0. The third-order valence-corrected chi connectivity index (χ3v) is 2.59. The highest BCUT2D eigenvalue weighted by Gasteiger charge is 2.35. The lowest BCUT2D eigenvalue weighted by Crippen LogP contribution is -2.50. The monoisotopic (exact) mass is 256 g/mol. The summed E-state index contributed by atoms with van der Waals surface area (Å²) in [5, 5.41) is 8.66.